The maximum absolute atomic E-state index is 12.5. The SMILES string of the molecule is CN1C(=O)[C@H](N=N[C@@H]2CCC[C@H]([N+](=O)[O-])C2)[C@H](O)[C@H]2CCCC[C@H]21. The summed E-state index contributed by atoms with van der Waals surface area (Å²) in [7, 11) is 1.78. The number of carbonyl (C=O) groups is 1. The molecular formula is C16H26N4O4. The van der Waals surface area contributed by atoms with Crippen molar-refractivity contribution in [3.8, 4) is 0 Å². The van der Waals surface area contributed by atoms with E-state index in [2.05, 4.69) is 10.2 Å². The summed E-state index contributed by atoms with van der Waals surface area (Å²) in [6, 6.07) is -1.55. The number of likely N-dealkylation sites (tertiary alicyclic amines) is 1. The van der Waals surface area contributed by atoms with Crippen molar-refractivity contribution >= 4 is 5.91 Å². The van der Waals surface area contributed by atoms with Gasteiger partial charge >= 0.3 is 0 Å². The minimum absolute atomic E-state index is 0.0586. The fraction of sp³-hybridized carbons (Fsp3) is 0.938. The molecule has 0 unspecified atom stereocenters. The highest BCUT2D eigenvalue weighted by molar-refractivity contribution is 5.83. The van der Waals surface area contributed by atoms with Gasteiger partial charge in [-0.25, -0.2) is 0 Å². The molecule has 3 fully saturated rings. The second-order valence-electron chi connectivity index (χ2n) is 7.39. The molecule has 0 aromatic heterocycles. The average molecular weight is 338 g/mol. The predicted octanol–water partition coefficient (Wildman–Crippen LogP) is 1.79. The van der Waals surface area contributed by atoms with Crippen LogP contribution in [0.25, 0.3) is 0 Å². The lowest BCUT2D eigenvalue weighted by Crippen LogP contribution is -2.60. The highest BCUT2D eigenvalue weighted by atomic mass is 16.6. The molecule has 1 aliphatic heterocycles. The van der Waals surface area contributed by atoms with Crippen molar-refractivity contribution in [2.45, 2.75) is 81.6 Å². The zero-order valence-corrected chi connectivity index (χ0v) is 14.1. The van der Waals surface area contributed by atoms with Crippen molar-refractivity contribution in [3.05, 3.63) is 10.1 Å². The molecule has 2 aliphatic carbocycles. The van der Waals surface area contributed by atoms with Gasteiger partial charge in [-0.1, -0.05) is 12.8 Å². The van der Waals surface area contributed by atoms with Gasteiger partial charge in [0.2, 0.25) is 6.04 Å². The highest BCUT2D eigenvalue weighted by Gasteiger charge is 2.47. The summed E-state index contributed by atoms with van der Waals surface area (Å²) in [6.07, 6.45) is 5.65. The molecular weight excluding hydrogens is 312 g/mol. The van der Waals surface area contributed by atoms with Gasteiger partial charge in [0.15, 0.2) is 6.04 Å². The highest BCUT2D eigenvalue weighted by Crippen LogP contribution is 2.36. The lowest BCUT2D eigenvalue weighted by molar-refractivity contribution is -0.526. The molecule has 3 aliphatic rings. The van der Waals surface area contributed by atoms with E-state index in [0.717, 1.165) is 38.5 Å². The van der Waals surface area contributed by atoms with Crippen LogP contribution in [0.1, 0.15) is 51.4 Å². The molecule has 134 valence electrons. The van der Waals surface area contributed by atoms with Crippen LogP contribution in [0.2, 0.25) is 0 Å². The minimum Gasteiger partial charge on any atom is -0.390 e. The quantitative estimate of drug-likeness (QED) is 0.480. The van der Waals surface area contributed by atoms with Crippen molar-refractivity contribution in [2.75, 3.05) is 7.05 Å². The van der Waals surface area contributed by atoms with E-state index in [0.29, 0.717) is 12.8 Å². The van der Waals surface area contributed by atoms with Gasteiger partial charge in [0, 0.05) is 36.8 Å². The molecule has 6 atom stereocenters. The van der Waals surface area contributed by atoms with Gasteiger partial charge in [-0.15, -0.1) is 0 Å². The Balaban J connectivity index is 1.69. The summed E-state index contributed by atoms with van der Waals surface area (Å²) in [5, 5.41) is 29.9. The van der Waals surface area contributed by atoms with E-state index < -0.39 is 18.2 Å². The molecule has 8 nitrogen and oxygen atoms in total. The van der Waals surface area contributed by atoms with E-state index in [1.807, 2.05) is 0 Å². The number of amides is 1. The first-order valence-corrected chi connectivity index (χ1v) is 8.97. The summed E-state index contributed by atoms with van der Waals surface area (Å²) >= 11 is 0. The van der Waals surface area contributed by atoms with E-state index in [9.17, 15) is 20.0 Å². The second kappa shape index (κ2) is 7.13. The molecule has 0 aromatic carbocycles. The third-order valence-electron chi connectivity index (χ3n) is 5.91. The van der Waals surface area contributed by atoms with Crippen molar-refractivity contribution in [1.29, 1.82) is 0 Å². The number of carbonyl (C=O) groups excluding carboxylic acids is 1. The zero-order valence-electron chi connectivity index (χ0n) is 14.1. The zero-order chi connectivity index (χ0) is 17.3. The fourth-order valence-corrected chi connectivity index (χ4v) is 4.49. The molecule has 8 heteroatoms. The average Bonchev–Trinajstić information content (AvgIpc) is 2.60. The number of likely N-dealkylation sites (N-methyl/N-ethyl adjacent to an activating group) is 1. The standard InChI is InChI=1S/C16H26N4O4/c1-19-13-8-3-2-7-12(13)15(21)14(16(19)22)18-17-10-5-4-6-11(9-10)20(23)24/h10-15,21H,2-9H2,1H3/t10-,11+,12+,13-,14-,15-/m1/s1. The van der Waals surface area contributed by atoms with Gasteiger partial charge in [-0.2, -0.15) is 10.2 Å². The minimum atomic E-state index is -0.856. The largest absolute Gasteiger partial charge is 0.390 e. The van der Waals surface area contributed by atoms with Gasteiger partial charge in [-0.3, -0.25) is 14.9 Å². The number of aliphatic hydroxyl groups excluding tert-OH is 1. The lowest BCUT2D eigenvalue weighted by Gasteiger charge is -2.46. The number of nitro groups is 1. The molecule has 1 N–H and O–H groups in total. The van der Waals surface area contributed by atoms with Gasteiger partial charge in [0.05, 0.1) is 12.1 Å². The third kappa shape index (κ3) is 3.29. The normalized spacial score (nSPS) is 40.6. The van der Waals surface area contributed by atoms with Crippen LogP contribution < -0.4 is 0 Å². The van der Waals surface area contributed by atoms with Crippen LogP contribution in [0.5, 0.6) is 0 Å². The molecule has 0 bridgehead atoms. The molecule has 0 spiro atoms. The lowest BCUT2D eigenvalue weighted by atomic mass is 9.75. The van der Waals surface area contributed by atoms with Crippen molar-refractivity contribution in [1.82, 2.24) is 4.90 Å². The Hall–Kier alpha value is -1.57. The molecule has 1 heterocycles. The van der Waals surface area contributed by atoms with Crippen LogP contribution in [-0.2, 0) is 4.79 Å². The van der Waals surface area contributed by atoms with Crippen molar-refractivity contribution in [3.63, 3.8) is 0 Å². The fourth-order valence-electron chi connectivity index (χ4n) is 4.49. The van der Waals surface area contributed by atoms with Crippen LogP contribution in [0.3, 0.4) is 0 Å². The summed E-state index contributed by atoms with van der Waals surface area (Å²) in [5.41, 5.74) is 0. The Kier molecular flexibility index (Phi) is 5.12. The Morgan fingerprint density at radius 3 is 2.67 bits per heavy atom. The van der Waals surface area contributed by atoms with Crippen LogP contribution in [0.4, 0.5) is 0 Å². The molecule has 1 amide bonds. The number of rotatable bonds is 3. The number of hydrogen-bond donors (Lipinski definition) is 1. The monoisotopic (exact) mass is 338 g/mol. The summed E-state index contributed by atoms with van der Waals surface area (Å²) < 4.78 is 0. The van der Waals surface area contributed by atoms with E-state index in [1.165, 1.54) is 0 Å². The smallest absolute Gasteiger partial charge is 0.252 e. The van der Waals surface area contributed by atoms with Crippen LogP contribution in [0.15, 0.2) is 10.2 Å². The first kappa shape index (κ1) is 17.3. The summed E-state index contributed by atoms with van der Waals surface area (Å²) in [4.78, 5) is 25.0. The molecule has 2 saturated carbocycles. The molecule has 24 heavy (non-hydrogen) atoms. The molecule has 1 saturated heterocycles. The van der Waals surface area contributed by atoms with Gasteiger partial charge in [0.1, 0.15) is 0 Å². The topological polar surface area (TPSA) is 108 Å². The summed E-state index contributed by atoms with van der Waals surface area (Å²) in [6.45, 7) is 0. The first-order valence-electron chi connectivity index (χ1n) is 8.97. The van der Waals surface area contributed by atoms with Crippen molar-refractivity contribution < 1.29 is 14.8 Å². The molecule has 0 radical (unpaired) electrons. The Bertz CT molecular complexity index is 526. The molecule has 3 rings (SSSR count). The first-order chi connectivity index (χ1) is 11.5. The van der Waals surface area contributed by atoms with E-state index in [-0.39, 0.29) is 28.8 Å². The van der Waals surface area contributed by atoms with Gasteiger partial charge < -0.3 is 10.0 Å². The number of azo groups is 1. The summed E-state index contributed by atoms with van der Waals surface area (Å²) in [5.74, 6) is -0.126. The maximum atomic E-state index is 12.5. The number of hydrogen-bond acceptors (Lipinski definition) is 6. The Morgan fingerprint density at radius 2 is 1.92 bits per heavy atom. The van der Waals surface area contributed by atoms with E-state index in [1.54, 1.807) is 11.9 Å². The predicted molar refractivity (Wildman–Crippen MR) is 86.2 cm³/mol. The Morgan fingerprint density at radius 1 is 1.17 bits per heavy atom. The van der Waals surface area contributed by atoms with Crippen LogP contribution in [0, 0.1) is 16.0 Å². The Labute approximate surface area is 141 Å². The third-order valence-corrected chi connectivity index (χ3v) is 5.91. The maximum Gasteiger partial charge on any atom is 0.252 e. The second-order valence-corrected chi connectivity index (χ2v) is 7.39. The van der Waals surface area contributed by atoms with Crippen molar-refractivity contribution in [2.24, 2.45) is 16.1 Å². The molecule has 0 aromatic rings. The number of nitrogens with zero attached hydrogens (tertiary/aromatic N) is 4. The van der Waals surface area contributed by atoms with E-state index >= 15 is 0 Å². The van der Waals surface area contributed by atoms with Gasteiger partial charge in [-0.05, 0) is 25.7 Å². The number of aliphatic hydroxyl groups is 1. The van der Waals surface area contributed by atoms with Gasteiger partial charge in [0.25, 0.3) is 5.91 Å². The van der Waals surface area contributed by atoms with E-state index in [4.69, 9.17) is 0 Å². The van der Waals surface area contributed by atoms with Crippen LogP contribution >= 0.6 is 0 Å². The number of piperidine rings is 1. The van der Waals surface area contributed by atoms with Crippen LogP contribution in [-0.4, -0.2) is 58.2 Å². The number of fused-ring (bicyclic) bond motifs is 1.